The van der Waals surface area contributed by atoms with Gasteiger partial charge in [0.2, 0.25) is 5.88 Å². The van der Waals surface area contributed by atoms with Crippen molar-refractivity contribution in [2.75, 3.05) is 5.32 Å². The number of carbonyl (C=O) groups is 1. The quantitative estimate of drug-likeness (QED) is 0.181. The number of benzene rings is 4. The molecular weight excluding hydrogens is 607 g/mol. The number of urea groups is 1. The van der Waals surface area contributed by atoms with Crippen LogP contribution in [0.25, 0.3) is 0 Å². The van der Waals surface area contributed by atoms with Gasteiger partial charge in [-0.2, -0.15) is 9.46 Å². The van der Waals surface area contributed by atoms with Crippen molar-refractivity contribution in [1.82, 2.24) is 14.5 Å². The minimum atomic E-state index is -3.77. The van der Waals surface area contributed by atoms with Gasteiger partial charge in [-0.1, -0.05) is 104 Å². The van der Waals surface area contributed by atoms with E-state index in [0.717, 1.165) is 48.1 Å². The smallest absolute Gasteiger partial charge is 0.331 e. The van der Waals surface area contributed by atoms with E-state index < -0.39 is 21.5 Å². The van der Waals surface area contributed by atoms with Crippen LogP contribution in [-0.4, -0.2) is 26.1 Å². The molecule has 0 saturated heterocycles. The molecule has 9 heteroatoms. The van der Waals surface area contributed by atoms with E-state index in [2.05, 4.69) is 28.1 Å². The molecule has 8 rings (SSSR count). The van der Waals surface area contributed by atoms with Crippen LogP contribution in [0.2, 0.25) is 0 Å². The van der Waals surface area contributed by atoms with Gasteiger partial charge in [0, 0.05) is 5.69 Å². The molecule has 0 fully saturated rings. The van der Waals surface area contributed by atoms with Crippen molar-refractivity contribution in [3.8, 4) is 5.88 Å². The Hall–Kier alpha value is -4.89. The average molecular weight is 644 g/mol. The van der Waals surface area contributed by atoms with Crippen molar-refractivity contribution in [1.29, 1.82) is 0 Å². The van der Waals surface area contributed by atoms with Gasteiger partial charge in [-0.05, 0) is 77.5 Å². The predicted octanol–water partition coefficient (Wildman–Crippen LogP) is 7.37. The minimum absolute atomic E-state index is 0.163. The van der Waals surface area contributed by atoms with Crippen molar-refractivity contribution in [2.24, 2.45) is 4.36 Å². The first-order valence-electron chi connectivity index (χ1n) is 16.3. The highest BCUT2D eigenvalue weighted by atomic mass is 32.2. The summed E-state index contributed by atoms with van der Waals surface area (Å²) in [6.07, 6.45) is 5.33. The zero-order valence-electron chi connectivity index (χ0n) is 26.5. The van der Waals surface area contributed by atoms with Gasteiger partial charge in [-0.25, -0.2) is 18.4 Å². The third-order valence-electron chi connectivity index (χ3n) is 9.66. The molecule has 2 heterocycles. The lowest BCUT2D eigenvalue weighted by molar-refractivity contribution is 0.248. The summed E-state index contributed by atoms with van der Waals surface area (Å²) in [6, 6.07) is 31.2. The Bertz CT molecular complexity index is 2000. The number of anilines is 1. The van der Waals surface area contributed by atoms with Gasteiger partial charge in [0.1, 0.15) is 16.5 Å². The number of aryl methyl sites for hydroxylation is 1. The van der Waals surface area contributed by atoms with Gasteiger partial charge in [0.05, 0.1) is 12.7 Å². The van der Waals surface area contributed by atoms with Crippen LogP contribution in [0.4, 0.5) is 10.5 Å². The predicted molar refractivity (Wildman–Crippen MR) is 183 cm³/mol. The van der Waals surface area contributed by atoms with Crippen LogP contribution in [0, 0.1) is 0 Å². The first-order valence-corrected chi connectivity index (χ1v) is 17.8. The fourth-order valence-electron chi connectivity index (χ4n) is 7.55. The molecule has 238 valence electrons. The number of carbonyl (C=O) groups excluding carboxylic acids is 1. The Balaban J connectivity index is 1.34. The zero-order valence-corrected chi connectivity index (χ0v) is 27.3. The second-order valence-electron chi connectivity index (χ2n) is 12.8. The summed E-state index contributed by atoms with van der Waals surface area (Å²) in [7, 11) is -3.77. The van der Waals surface area contributed by atoms with Crippen LogP contribution in [0.1, 0.15) is 65.1 Å². The number of hydrogen-bond donors (Lipinski definition) is 2. The van der Waals surface area contributed by atoms with E-state index >= 15 is 4.21 Å². The lowest BCUT2D eigenvalue weighted by atomic mass is 9.75. The van der Waals surface area contributed by atoms with Gasteiger partial charge < -0.3 is 10.1 Å². The van der Waals surface area contributed by atoms with E-state index in [4.69, 9.17) is 9.10 Å². The Morgan fingerprint density at radius 2 is 1.53 bits per heavy atom. The Morgan fingerprint density at radius 3 is 2.13 bits per heavy atom. The van der Waals surface area contributed by atoms with Crippen LogP contribution >= 0.6 is 0 Å². The molecule has 4 aromatic carbocycles. The number of rotatable bonds is 7. The van der Waals surface area contributed by atoms with E-state index in [9.17, 15) is 4.79 Å². The van der Waals surface area contributed by atoms with Crippen LogP contribution in [0.5, 0.6) is 5.88 Å². The largest absolute Gasteiger partial charge is 0.472 e. The third-order valence-corrected chi connectivity index (χ3v) is 11.5. The molecule has 0 bridgehead atoms. The van der Waals surface area contributed by atoms with Crippen LogP contribution in [-0.2, 0) is 41.3 Å². The van der Waals surface area contributed by atoms with Crippen molar-refractivity contribution < 1.29 is 13.7 Å². The molecule has 8 nitrogen and oxygen atoms in total. The molecule has 3 atom stereocenters. The van der Waals surface area contributed by atoms with Crippen LogP contribution in [0.15, 0.2) is 113 Å². The monoisotopic (exact) mass is 643 g/mol. The van der Waals surface area contributed by atoms with Crippen molar-refractivity contribution in [3.63, 3.8) is 0 Å². The Morgan fingerprint density at radius 1 is 0.915 bits per heavy atom. The van der Waals surface area contributed by atoms with Gasteiger partial charge >= 0.3 is 6.03 Å². The van der Waals surface area contributed by atoms with Gasteiger partial charge in [0.25, 0.3) is 0 Å². The second kappa shape index (κ2) is 11.4. The maximum atomic E-state index is 15.8. The summed E-state index contributed by atoms with van der Waals surface area (Å²) in [5.74, 6) is 0.698. The number of aromatic nitrogens is 2. The standard InChI is InChI=1S/C38H37N5O3S/c1-25-21-28-22-27-13-12-20-32(27)35(34(25)28)40-37(44)41-47(45,33-23-39-43-24-26(2)46-36(33)43)42-38(29-14-6-3-7-15-29,30-16-8-4-9-17-30)31-18-10-5-11-19-31/h3-11,14-19,22-23,25-26H,12-13,20-21,24H2,1-2H3,(H2,40,41,42,44,45)/t25-,26+,47?/m0/s1. The Kier molecular flexibility index (Phi) is 7.17. The molecule has 1 aromatic heterocycles. The topological polar surface area (TPSA) is 97.6 Å². The van der Waals surface area contributed by atoms with Crippen molar-refractivity contribution in [2.45, 2.75) is 68.5 Å². The molecular formula is C38H37N5O3S. The summed E-state index contributed by atoms with van der Waals surface area (Å²) in [6.45, 7) is 4.64. The lowest BCUT2D eigenvalue weighted by Gasteiger charge is -2.33. The number of amides is 2. The Labute approximate surface area is 275 Å². The fourth-order valence-corrected chi connectivity index (χ4v) is 9.38. The minimum Gasteiger partial charge on any atom is -0.472 e. The highest BCUT2D eigenvalue weighted by Gasteiger charge is 2.41. The maximum absolute atomic E-state index is 15.8. The van der Waals surface area contributed by atoms with Crippen molar-refractivity contribution >= 4 is 21.6 Å². The molecule has 1 aliphatic heterocycles. The molecule has 2 N–H and O–H groups in total. The normalized spacial score (nSPS) is 18.9. The molecule has 2 aliphatic carbocycles. The lowest BCUT2D eigenvalue weighted by Crippen LogP contribution is -2.38. The van der Waals surface area contributed by atoms with Crippen LogP contribution < -0.4 is 14.8 Å². The summed E-state index contributed by atoms with van der Waals surface area (Å²) >= 11 is 0. The molecule has 1 unspecified atom stereocenters. The third kappa shape index (κ3) is 4.91. The number of nitrogens with one attached hydrogen (secondary N) is 2. The molecule has 0 saturated carbocycles. The maximum Gasteiger partial charge on any atom is 0.331 e. The van der Waals surface area contributed by atoms with Gasteiger partial charge in [0.15, 0.2) is 9.92 Å². The molecule has 2 amide bonds. The first kappa shape index (κ1) is 29.5. The van der Waals surface area contributed by atoms with E-state index in [1.807, 2.05) is 97.9 Å². The van der Waals surface area contributed by atoms with E-state index in [-0.39, 0.29) is 11.0 Å². The number of nitrogens with zero attached hydrogens (tertiary/aromatic N) is 3. The zero-order chi connectivity index (χ0) is 32.2. The van der Waals surface area contributed by atoms with Gasteiger partial charge in [-0.3, -0.25) is 0 Å². The van der Waals surface area contributed by atoms with Crippen molar-refractivity contribution in [3.05, 3.63) is 142 Å². The SMILES string of the molecule is C[C@@H]1Cn2ncc(S(=O)(=NC(c3ccccc3)(c3ccccc3)c3ccccc3)NC(=O)Nc3c4c(cc5c3[C@@H](C)C5)CCC4)c2O1. The summed E-state index contributed by atoms with van der Waals surface area (Å²) in [5.41, 5.74) is 6.96. The number of fused-ring (bicyclic) bond motifs is 3. The average Bonchev–Trinajstić information content (AvgIpc) is 3.80. The molecule has 0 radical (unpaired) electrons. The first-order chi connectivity index (χ1) is 22.9. The molecule has 3 aliphatic rings. The molecule has 0 spiro atoms. The molecule has 47 heavy (non-hydrogen) atoms. The number of hydrogen-bond acceptors (Lipinski definition) is 5. The van der Waals surface area contributed by atoms with Crippen LogP contribution in [0.3, 0.4) is 0 Å². The van der Waals surface area contributed by atoms with E-state index in [0.29, 0.717) is 18.3 Å². The second-order valence-corrected chi connectivity index (χ2v) is 14.7. The number of ether oxygens (including phenoxy) is 1. The molecule has 5 aromatic rings. The summed E-state index contributed by atoms with van der Waals surface area (Å²) in [5, 5.41) is 7.70. The fraction of sp³-hybridized carbons (Fsp3) is 0.263. The summed E-state index contributed by atoms with van der Waals surface area (Å²) in [4.78, 5) is 14.5. The summed E-state index contributed by atoms with van der Waals surface area (Å²) < 4.78 is 31.9. The highest BCUT2D eigenvalue weighted by Crippen LogP contribution is 2.46. The highest BCUT2D eigenvalue weighted by molar-refractivity contribution is 7.92. The van der Waals surface area contributed by atoms with Gasteiger partial charge in [-0.15, -0.1) is 0 Å². The van der Waals surface area contributed by atoms with E-state index in [1.54, 1.807) is 4.68 Å². The van der Waals surface area contributed by atoms with E-state index in [1.165, 1.54) is 28.5 Å².